The second-order valence-electron chi connectivity index (χ2n) is 15.7. The number of hydrogen-bond acceptors (Lipinski definition) is 6. The first-order valence-corrected chi connectivity index (χ1v) is 17.6. The highest BCUT2D eigenvalue weighted by atomic mass is 16.6. The molecule has 2 atom stereocenters. The number of imidazole rings is 2. The van der Waals surface area contributed by atoms with Crippen LogP contribution in [0.25, 0.3) is 22.5 Å². The maximum absolute atomic E-state index is 13.0. The summed E-state index contributed by atoms with van der Waals surface area (Å²) in [5, 5.41) is 0. The molecule has 2 aliphatic heterocycles. The average molecular weight is 665 g/mol. The van der Waals surface area contributed by atoms with Gasteiger partial charge in [-0.25, -0.2) is 19.6 Å². The Bertz CT molecular complexity index is 1860. The Morgan fingerprint density at radius 3 is 1.57 bits per heavy atom. The third kappa shape index (κ3) is 7.09. The molecule has 2 amide bonds. The zero-order chi connectivity index (χ0) is 34.5. The molecule has 7 rings (SSSR count). The van der Waals surface area contributed by atoms with Crippen LogP contribution in [0.15, 0.2) is 48.8 Å². The normalized spacial score (nSPS) is 19.4. The van der Waals surface area contributed by atoms with Gasteiger partial charge in [0.25, 0.3) is 0 Å². The van der Waals surface area contributed by atoms with E-state index in [0.717, 1.165) is 79.1 Å². The van der Waals surface area contributed by atoms with Crippen molar-refractivity contribution in [3.8, 4) is 22.5 Å². The van der Waals surface area contributed by atoms with E-state index in [0.29, 0.717) is 13.1 Å². The van der Waals surface area contributed by atoms with Gasteiger partial charge in [0.1, 0.15) is 22.9 Å². The van der Waals surface area contributed by atoms with Crippen molar-refractivity contribution in [3.05, 3.63) is 82.7 Å². The summed E-state index contributed by atoms with van der Waals surface area (Å²) in [4.78, 5) is 46.0. The highest BCUT2D eigenvalue weighted by molar-refractivity contribution is 5.70. The Hall–Kier alpha value is -4.60. The van der Waals surface area contributed by atoms with E-state index < -0.39 is 11.2 Å². The SMILES string of the molecule is CC(C)(C)OC(=O)N1CCCCC1c1ncc(-c2ccc3c(c2)Cc2ccc(-c4cnc(C5CCCN5C(=O)OC(C)(C)C)[nH]4)cc2C3)[nH]1. The lowest BCUT2D eigenvalue weighted by molar-refractivity contribution is 0.00846. The monoisotopic (exact) mass is 664 g/mol. The van der Waals surface area contributed by atoms with Crippen molar-refractivity contribution >= 4 is 12.2 Å². The Labute approximate surface area is 288 Å². The van der Waals surface area contributed by atoms with E-state index in [4.69, 9.17) is 19.4 Å². The number of nitrogens with one attached hydrogen (secondary N) is 2. The topological polar surface area (TPSA) is 116 Å². The van der Waals surface area contributed by atoms with E-state index in [-0.39, 0.29) is 24.3 Å². The predicted octanol–water partition coefficient (Wildman–Crippen LogP) is 8.50. The molecule has 2 unspecified atom stereocenters. The van der Waals surface area contributed by atoms with Gasteiger partial charge in [0.15, 0.2) is 0 Å². The van der Waals surface area contributed by atoms with E-state index in [1.165, 1.54) is 22.3 Å². The number of carbonyl (C=O) groups is 2. The van der Waals surface area contributed by atoms with Gasteiger partial charge in [-0.3, -0.25) is 9.80 Å². The van der Waals surface area contributed by atoms with Gasteiger partial charge < -0.3 is 19.4 Å². The second kappa shape index (κ2) is 12.7. The van der Waals surface area contributed by atoms with Crippen LogP contribution < -0.4 is 0 Å². The summed E-state index contributed by atoms with van der Waals surface area (Å²) in [7, 11) is 0. The smallest absolute Gasteiger partial charge is 0.410 e. The van der Waals surface area contributed by atoms with E-state index in [2.05, 4.69) is 46.4 Å². The zero-order valence-electron chi connectivity index (χ0n) is 29.6. The zero-order valence-corrected chi connectivity index (χ0v) is 29.6. The minimum Gasteiger partial charge on any atom is -0.444 e. The molecule has 4 heterocycles. The van der Waals surface area contributed by atoms with Crippen molar-refractivity contribution in [2.24, 2.45) is 0 Å². The maximum Gasteiger partial charge on any atom is 0.410 e. The standard InChI is InChI=1S/C39H48N6O4/c1-38(2,3)48-36(46)44-16-8-7-10-32(44)34-40-22-30(42-34)26-14-12-24-19-29-21-27(15-13-25(29)18-28(24)20-26)31-23-41-35(43-31)33-11-9-17-45(33)37(47)49-39(4,5)6/h12-15,20-23,32-33H,7-11,16-19H2,1-6H3,(H,40,42)(H,41,43). The number of benzene rings is 2. The highest BCUT2D eigenvalue weighted by Crippen LogP contribution is 2.36. The van der Waals surface area contributed by atoms with Crippen LogP contribution in [0, 0.1) is 0 Å². The van der Waals surface area contributed by atoms with Crippen molar-refractivity contribution < 1.29 is 19.1 Å². The highest BCUT2D eigenvalue weighted by Gasteiger charge is 2.35. The third-order valence-electron chi connectivity index (χ3n) is 9.63. The van der Waals surface area contributed by atoms with Crippen LogP contribution in [0.4, 0.5) is 9.59 Å². The molecule has 4 aromatic rings. The quantitative estimate of drug-likeness (QED) is 0.199. The third-order valence-corrected chi connectivity index (χ3v) is 9.63. The number of aromatic amines is 2. The van der Waals surface area contributed by atoms with E-state index in [1.807, 2.05) is 58.8 Å². The Balaban J connectivity index is 1.05. The van der Waals surface area contributed by atoms with Crippen LogP contribution in [0.5, 0.6) is 0 Å². The predicted molar refractivity (Wildman–Crippen MR) is 188 cm³/mol. The lowest BCUT2D eigenvalue weighted by atomic mass is 9.84. The molecule has 3 aliphatic rings. The number of piperidine rings is 1. The number of H-pyrrole nitrogens is 2. The van der Waals surface area contributed by atoms with Gasteiger partial charge in [0.05, 0.1) is 35.9 Å². The first kappa shape index (κ1) is 32.9. The van der Waals surface area contributed by atoms with Gasteiger partial charge in [0.2, 0.25) is 0 Å². The Morgan fingerprint density at radius 1 is 0.653 bits per heavy atom. The van der Waals surface area contributed by atoms with Crippen LogP contribution in [-0.2, 0) is 22.3 Å². The van der Waals surface area contributed by atoms with Gasteiger partial charge >= 0.3 is 12.2 Å². The molecular formula is C39H48N6O4. The summed E-state index contributed by atoms with van der Waals surface area (Å²) in [6, 6.07) is 13.1. The minimum atomic E-state index is -0.540. The summed E-state index contributed by atoms with van der Waals surface area (Å²) in [6.45, 7) is 12.7. The molecule has 1 aliphatic carbocycles. The first-order valence-electron chi connectivity index (χ1n) is 17.6. The molecule has 2 aromatic heterocycles. The molecule has 258 valence electrons. The van der Waals surface area contributed by atoms with Crippen molar-refractivity contribution in [2.45, 2.75) is 110 Å². The maximum atomic E-state index is 13.0. The van der Waals surface area contributed by atoms with Crippen molar-refractivity contribution in [1.29, 1.82) is 0 Å². The number of rotatable bonds is 4. The van der Waals surface area contributed by atoms with E-state index in [1.54, 1.807) is 4.90 Å². The lowest BCUT2D eigenvalue weighted by Gasteiger charge is -2.35. The molecule has 0 radical (unpaired) electrons. The molecule has 10 heteroatoms. The molecule has 2 saturated heterocycles. The van der Waals surface area contributed by atoms with E-state index in [9.17, 15) is 9.59 Å². The Morgan fingerprint density at radius 2 is 1.10 bits per heavy atom. The fourth-order valence-electron chi connectivity index (χ4n) is 7.32. The second-order valence-corrected chi connectivity index (χ2v) is 15.7. The van der Waals surface area contributed by atoms with Gasteiger partial charge in [-0.1, -0.05) is 24.3 Å². The molecule has 2 aromatic carbocycles. The molecule has 10 nitrogen and oxygen atoms in total. The largest absolute Gasteiger partial charge is 0.444 e. The Kier molecular flexibility index (Phi) is 8.53. The van der Waals surface area contributed by atoms with Gasteiger partial charge in [-0.2, -0.15) is 0 Å². The summed E-state index contributed by atoms with van der Waals surface area (Å²) in [5.74, 6) is 1.61. The molecule has 0 bridgehead atoms. The van der Waals surface area contributed by atoms with Gasteiger partial charge in [-0.05, 0) is 132 Å². The number of nitrogens with zero attached hydrogens (tertiary/aromatic N) is 4. The number of carbonyl (C=O) groups excluding carboxylic acids is 2. The van der Waals surface area contributed by atoms with Gasteiger partial charge in [-0.15, -0.1) is 0 Å². The number of fused-ring (bicyclic) bond motifs is 2. The van der Waals surface area contributed by atoms with Crippen molar-refractivity contribution in [1.82, 2.24) is 29.7 Å². The lowest BCUT2D eigenvalue weighted by Crippen LogP contribution is -2.42. The average Bonchev–Trinajstić information content (AvgIpc) is 3.83. The molecular weight excluding hydrogens is 616 g/mol. The van der Waals surface area contributed by atoms with Crippen LogP contribution in [0.3, 0.4) is 0 Å². The van der Waals surface area contributed by atoms with Crippen molar-refractivity contribution in [3.63, 3.8) is 0 Å². The fourth-order valence-corrected chi connectivity index (χ4v) is 7.32. The minimum absolute atomic E-state index is 0.111. The number of likely N-dealkylation sites (tertiary alicyclic amines) is 2. The molecule has 0 saturated carbocycles. The number of aromatic nitrogens is 4. The number of hydrogen-bond donors (Lipinski definition) is 2. The molecule has 2 fully saturated rings. The summed E-state index contributed by atoms with van der Waals surface area (Å²) in [6.07, 6.45) is 9.58. The first-order chi connectivity index (χ1) is 23.3. The summed E-state index contributed by atoms with van der Waals surface area (Å²) < 4.78 is 11.4. The van der Waals surface area contributed by atoms with Crippen molar-refractivity contribution in [2.75, 3.05) is 13.1 Å². The molecule has 2 N–H and O–H groups in total. The summed E-state index contributed by atoms with van der Waals surface area (Å²) >= 11 is 0. The number of amides is 2. The summed E-state index contributed by atoms with van der Waals surface area (Å²) in [5.41, 5.74) is 8.28. The molecule has 0 spiro atoms. The molecule has 49 heavy (non-hydrogen) atoms. The van der Waals surface area contributed by atoms with Crippen LogP contribution in [0.2, 0.25) is 0 Å². The van der Waals surface area contributed by atoms with Crippen LogP contribution in [0.1, 0.15) is 120 Å². The van der Waals surface area contributed by atoms with Gasteiger partial charge in [0, 0.05) is 13.1 Å². The number of ether oxygens (including phenoxy) is 2. The van der Waals surface area contributed by atoms with Crippen LogP contribution in [-0.4, -0.2) is 66.2 Å². The fraction of sp³-hybridized carbons (Fsp3) is 0.487. The van der Waals surface area contributed by atoms with Crippen LogP contribution >= 0.6 is 0 Å². The van der Waals surface area contributed by atoms with E-state index >= 15 is 0 Å².